The van der Waals surface area contributed by atoms with E-state index in [1.807, 2.05) is 43.1 Å². The summed E-state index contributed by atoms with van der Waals surface area (Å²) in [5.41, 5.74) is 2.00. The van der Waals surface area contributed by atoms with Gasteiger partial charge in [0.15, 0.2) is 0 Å². The maximum atomic E-state index is 12.0. The number of likely N-dealkylation sites (N-methyl/N-ethyl adjacent to an activating group) is 1. The largest absolute Gasteiger partial charge is 0.351 e. The normalized spacial score (nSPS) is 11.5. The van der Waals surface area contributed by atoms with Gasteiger partial charge in [-0.1, -0.05) is 30.3 Å². The fraction of sp³-hybridized carbons (Fsp3) is 0.353. The lowest BCUT2D eigenvalue weighted by Gasteiger charge is -2.16. The minimum Gasteiger partial charge on any atom is -0.351 e. The van der Waals surface area contributed by atoms with Crippen molar-refractivity contribution < 1.29 is 4.79 Å². The predicted octanol–water partition coefficient (Wildman–Crippen LogP) is 2.40. The van der Waals surface area contributed by atoms with E-state index >= 15 is 0 Å². The Kier molecular flexibility index (Phi) is 7.71. The summed E-state index contributed by atoms with van der Waals surface area (Å²) in [5, 5.41) is 6.29. The highest BCUT2D eigenvalue weighted by Gasteiger charge is 2.10. The van der Waals surface area contributed by atoms with Crippen LogP contribution in [0.3, 0.4) is 0 Å². The summed E-state index contributed by atoms with van der Waals surface area (Å²) >= 11 is 0. The highest BCUT2D eigenvalue weighted by Crippen LogP contribution is 2.05. The summed E-state index contributed by atoms with van der Waals surface area (Å²) in [6.07, 6.45) is 3.75. The molecule has 0 fully saturated rings. The van der Waals surface area contributed by atoms with E-state index in [4.69, 9.17) is 0 Å². The number of rotatable bonds is 7. The van der Waals surface area contributed by atoms with E-state index in [1.54, 1.807) is 0 Å². The average Bonchev–Trinajstić information content (AvgIpc) is 2.93. The van der Waals surface area contributed by atoms with Crippen molar-refractivity contribution in [3.8, 4) is 0 Å². The number of hydrogen-bond acceptors (Lipinski definition) is 2. The third-order valence-electron chi connectivity index (χ3n) is 3.69. The Balaban J connectivity index is 0.00000242. The van der Waals surface area contributed by atoms with Crippen LogP contribution in [0, 0.1) is 0 Å². The molecular formula is C17H24ClN3O. The van der Waals surface area contributed by atoms with Crippen LogP contribution in [0.25, 0.3) is 0 Å². The van der Waals surface area contributed by atoms with Gasteiger partial charge in [-0.05, 0) is 37.6 Å². The van der Waals surface area contributed by atoms with Crippen LogP contribution < -0.4 is 10.6 Å². The van der Waals surface area contributed by atoms with Crippen molar-refractivity contribution in [1.82, 2.24) is 15.2 Å². The second kappa shape index (κ2) is 9.28. The summed E-state index contributed by atoms with van der Waals surface area (Å²) in [5.74, 6) is -0.0166. The Hall–Kier alpha value is -1.78. The lowest BCUT2D eigenvalue weighted by atomic mass is 10.0. The van der Waals surface area contributed by atoms with Crippen molar-refractivity contribution in [2.75, 3.05) is 13.6 Å². The second-order valence-corrected chi connectivity index (χ2v) is 5.22. The van der Waals surface area contributed by atoms with Gasteiger partial charge in [0.2, 0.25) is 0 Å². The molecule has 0 radical (unpaired) electrons. The van der Waals surface area contributed by atoms with Gasteiger partial charge in [-0.25, -0.2) is 0 Å². The van der Waals surface area contributed by atoms with Crippen molar-refractivity contribution in [2.24, 2.45) is 7.05 Å². The molecule has 1 heterocycles. The first-order valence-corrected chi connectivity index (χ1v) is 7.31. The van der Waals surface area contributed by atoms with Crippen LogP contribution in [-0.2, 0) is 13.5 Å². The fourth-order valence-corrected chi connectivity index (χ4v) is 2.39. The van der Waals surface area contributed by atoms with E-state index < -0.39 is 0 Å². The number of amides is 1. The summed E-state index contributed by atoms with van der Waals surface area (Å²) < 4.78 is 1.83. The number of aryl methyl sites for hydroxylation is 1. The minimum atomic E-state index is -0.0166. The Morgan fingerprint density at radius 1 is 1.18 bits per heavy atom. The van der Waals surface area contributed by atoms with Gasteiger partial charge in [-0.15, -0.1) is 12.4 Å². The number of halogens is 1. The molecule has 1 aromatic heterocycles. The molecule has 2 aromatic rings. The fourth-order valence-electron chi connectivity index (χ4n) is 2.39. The molecule has 1 aromatic carbocycles. The summed E-state index contributed by atoms with van der Waals surface area (Å²) in [6.45, 7) is 0.669. The van der Waals surface area contributed by atoms with Gasteiger partial charge in [0.1, 0.15) is 5.69 Å². The topological polar surface area (TPSA) is 46.1 Å². The van der Waals surface area contributed by atoms with Gasteiger partial charge in [0, 0.05) is 25.8 Å². The molecule has 0 aliphatic heterocycles. The van der Waals surface area contributed by atoms with E-state index in [-0.39, 0.29) is 18.3 Å². The second-order valence-electron chi connectivity index (χ2n) is 5.22. The van der Waals surface area contributed by atoms with Crippen LogP contribution in [0.5, 0.6) is 0 Å². The molecule has 0 aliphatic rings. The zero-order valence-electron chi connectivity index (χ0n) is 13.1. The Morgan fingerprint density at radius 3 is 2.50 bits per heavy atom. The molecule has 22 heavy (non-hydrogen) atoms. The molecule has 0 unspecified atom stereocenters. The Labute approximate surface area is 138 Å². The van der Waals surface area contributed by atoms with Gasteiger partial charge in [-0.2, -0.15) is 0 Å². The molecule has 0 spiro atoms. The highest BCUT2D eigenvalue weighted by atomic mass is 35.5. The number of hydrogen-bond donors (Lipinski definition) is 2. The highest BCUT2D eigenvalue weighted by molar-refractivity contribution is 5.92. The molecule has 0 saturated heterocycles. The number of aromatic nitrogens is 1. The Bertz CT molecular complexity index is 568. The van der Waals surface area contributed by atoms with Gasteiger partial charge in [0.05, 0.1) is 0 Å². The first-order chi connectivity index (χ1) is 10.2. The minimum absolute atomic E-state index is 0. The molecule has 2 N–H and O–H groups in total. The van der Waals surface area contributed by atoms with Crippen molar-refractivity contribution in [3.63, 3.8) is 0 Å². The lowest BCUT2D eigenvalue weighted by molar-refractivity contribution is 0.0944. The first-order valence-electron chi connectivity index (χ1n) is 7.31. The van der Waals surface area contributed by atoms with Crippen LogP contribution in [0.2, 0.25) is 0 Å². The van der Waals surface area contributed by atoms with Crippen molar-refractivity contribution in [1.29, 1.82) is 0 Å². The third kappa shape index (κ3) is 5.20. The standard InChI is InChI=1S/C17H23N3O.ClH/c1-18-15(13-14-7-4-3-5-8-14)10-11-19-17(21)16-9-6-12-20(16)2;/h3-9,12,15,18H,10-11,13H2,1-2H3,(H,19,21);1H/t15-;/m1./s1. The molecule has 120 valence electrons. The number of benzene rings is 1. The molecule has 0 saturated carbocycles. The van der Waals surface area contributed by atoms with Gasteiger partial charge in [-0.3, -0.25) is 4.79 Å². The number of nitrogens with one attached hydrogen (secondary N) is 2. The molecule has 1 atom stereocenters. The van der Waals surface area contributed by atoms with E-state index in [9.17, 15) is 4.79 Å². The van der Waals surface area contributed by atoms with Crippen LogP contribution in [0.4, 0.5) is 0 Å². The lowest BCUT2D eigenvalue weighted by Crippen LogP contribution is -2.34. The summed E-state index contributed by atoms with van der Waals surface area (Å²) in [7, 11) is 3.84. The van der Waals surface area contributed by atoms with Crippen molar-refractivity contribution >= 4 is 18.3 Å². The number of carbonyl (C=O) groups is 1. The van der Waals surface area contributed by atoms with Crippen molar-refractivity contribution in [2.45, 2.75) is 18.9 Å². The first kappa shape index (κ1) is 18.3. The number of carbonyl (C=O) groups excluding carboxylic acids is 1. The smallest absolute Gasteiger partial charge is 0.267 e. The van der Waals surface area contributed by atoms with Crippen LogP contribution >= 0.6 is 12.4 Å². The maximum absolute atomic E-state index is 12.0. The molecule has 2 rings (SSSR count). The molecule has 1 amide bonds. The van der Waals surface area contributed by atoms with Crippen LogP contribution in [-0.4, -0.2) is 30.1 Å². The molecule has 4 nitrogen and oxygen atoms in total. The van der Waals surface area contributed by atoms with Crippen LogP contribution in [0.15, 0.2) is 48.7 Å². The van der Waals surface area contributed by atoms with E-state index in [0.717, 1.165) is 12.8 Å². The van der Waals surface area contributed by atoms with E-state index in [2.05, 4.69) is 34.9 Å². The monoisotopic (exact) mass is 321 g/mol. The predicted molar refractivity (Wildman–Crippen MR) is 92.6 cm³/mol. The number of nitrogens with zero attached hydrogens (tertiary/aromatic N) is 1. The average molecular weight is 322 g/mol. The third-order valence-corrected chi connectivity index (χ3v) is 3.69. The SMILES string of the molecule is CN[C@H](CCNC(=O)c1cccn1C)Cc1ccccc1.Cl. The molecule has 5 heteroatoms. The maximum Gasteiger partial charge on any atom is 0.267 e. The zero-order valence-corrected chi connectivity index (χ0v) is 13.9. The van der Waals surface area contributed by atoms with E-state index in [1.165, 1.54) is 5.56 Å². The molecule has 0 aliphatic carbocycles. The summed E-state index contributed by atoms with van der Waals surface area (Å²) in [6, 6.07) is 14.5. The Morgan fingerprint density at radius 2 is 1.91 bits per heavy atom. The van der Waals surface area contributed by atoms with E-state index in [0.29, 0.717) is 18.3 Å². The zero-order chi connectivity index (χ0) is 15.1. The summed E-state index contributed by atoms with van der Waals surface area (Å²) in [4.78, 5) is 12.0. The van der Waals surface area contributed by atoms with Gasteiger partial charge >= 0.3 is 0 Å². The molecule has 0 bridgehead atoms. The van der Waals surface area contributed by atoms with Crippen molar-refractivity contribution in [3.05, 3.63) is 59.9 Å². The van der Waals surface area contributed by atoms with Gasteiger partial charge < -0.3 is 15.2 Å². The molecular weight excluding hydrogens is 298 g/mol. The van der Waals surface area contributed by atoms with Crippen LogP contribution in [0.1, 0.15) is 22.5 Å². The van der Waals surface area contributed by atoms with Gasteiger partial charge in [0.25, 0.3) is 5.91 Å². The quantitative estimate of drug-likeness (QED) is 0.822.